The van der Waals surface area contributed by atoms with E-state index >= 15 is 0 Å². The highest BCUT2D eigenvalue weighted by atomic mass is 16.8. The fourth-order valence-corrected chi connectivity index (χ4v) is 2.96. The zero-order chi connectivity index (χ0) is 19.6. The molecule has 26 heavy (non-hydrogen) atoms. The summed E-state index contributed by atoms with van der Waals surface area (Å²) in [5.41, 5.74) is 1.92. The summed E-state index contributed by atoms with van der Waals surface area (Å²) in [6, 6.07) is 5.75. The maximum atomic E-state index is 13.2. The first kappa shape index (κ1) is 19.9. The van der Waals surface area contributed by atoms with Gasteiger partial charge in [-0.3, -0.25) is 4.79 Å². The maximum absolute atomic E-state index is 13.2. The molecule has 7 heteroatoms. The molecule has 1 aliphatic rings. The number of carbonyl (C=O) groups is 2. The fourth-order valence-electron chi connectivity index (χ4n) is 2.96. The average molecular weight is 362 g/mol. The lowest BCUT2D eigenvalue weighted by Gasteiger charge is -2.31. The molecule has 0 radical (unpaired) electrons. The lowest BCUT2D eigenvalue weighted by Crippen LogP contribution is -2.45. The third-order valence-corrected chi connectivity index (χ3v) is 4.27. The van der Waals surface area contributed by atoms with E-state index in [4.69, 9.17) is 14.3 Å². The van der Waals surface area contributed by atoms with Crippen molar-refractivity contribution >= 4 is 17.6 Å². The van der Waals surface area contributed by atoms with Gasteiger partial charge in [0.25, 0.3) is 5.91 Å². The highest BCUT2D eigenvalue weighted by Crippen LogP contribution is 2.42. The molecule has 0 atom stereocenters. The molecular formula is C19H26N2O5. The predicted octanol–water partition coefficient (Wildman–Crippen LogP) is 2.87. The van der Waals surface area contributed by atoms with E-state index in [1.165, 1.54) is 17.1 Å². The minimum Gasteiger partial charge on any atom is -0.411 e. The van der Waals surface area contributed by atoms with Crippen LogP contribution in [0, 0.1) is 13.8 Å². The number of ether oxygens (including phenoxy) is 2. The molecule has 0 aliphatic carbocycles. The Kier molecular flexibility index (Phi) is 5.73. The summed E-state index contributed by atoms with van der Waals surface area (Å²) in [7, 11) is 4.65. The number of aryl methyl sites for hydroxylation is 2. The average Bonchev–Trinajstić information content (AvgIpc) is 2.73. The Morgan fingerprint density at radius 2 is 1.77 bits per heavy atom. The second-order valence-corrected chi connectivity index (χ2v) is 6.93. The largest absolute Gasteiger partial charge is 0.414 e. The normalized spacial score (nSPS) is 16.3. The molecule has 0 bridgehead atoms. The van der Waals surface area contributed by atoms with Gasteiger partial charge in [-0.05, 0) is 44.4 Å². The molecule has 2 rings (SSSR count). The van der Waals surface area contributed by atoms with Gasteiger partial charge in [-0.25, -0.2) is 14.7 Å². The van der Waals surface area contributed by atoms with Gasteiger partial charge in [-0.15, -0.1) is 0 Å². The maximum Gasteiger partial charge on any atom is 0.414 e. The smallest absolute Gasteiger partial charge is 0.411 e. The summed E-state index contributed by atoms with van der Waals surface area (Å²) in [6.07, 6.45) is -0.557. The van der Waals surface area contributed by atoms with Crippen LogP contribution in [0.2, 0.25) is 0 Å². The van der Waals surface area contributed by atoms with Crippen molar-refractivity contribution in [1.29, 1.82) is 0 Å². The van der Waals surface area contributed by atoms with E-state index in [0.717, 1.165) is 16.7 Å². The quantitative estimate of drug-likeness (QED) is 0.754. The van der Waals surface area contributed by atoms with Crippen LogP contribution in [0.3, 0.4) is 0 Å². The van der Waals surface area contributed by atoms with E-state index in [9.17, 15) is 9.59 Å². The van der Waals surface area contributed by atoms with Gasteiger partial charge in [0, 0.05) is 21.2 Å². The number of amides is 2. The Labute approximate surface area is 154 Å². The molecule has 1 heterocycles. The van der Waals surface area contributed by atoms with Gasteiger partial charge in [0.05, 0.1) is 5.57 Å². The van der Waals surface area contributed by atoms with Crippen LogP contribution in [0.1, 0.15) is 30.5 Å². The molecule has 0 N–H and O–H groups in total. The lowest BCUT2D eigenvalue weighted by molar-refractivity contribution is -0.238. The van der Waals surface area contributed by atoms with Gasteiger partial charge in [0.15, 0.2) is 12.6 Å². The Hall–Kier alpha value is -2.38. The van der Waals surface area contributed by atoms with E-state index < -0.39 is 11.6 Å². The summed E-state index contributed by atoms with van der Waals surface area (Å²) >= 11 is 0. The lowest BCUT2D eigenvalue weighted by atomic mass is 9.93. The van der Waals surface area contributed by atoms with Crippen LogP contribution in [0.25, 0.3) is 5.57 Å². The Morgan fingerprint density at radius 1 is 1.19 bits per heavy atom. The topological polar surface area (TPSA) is 68.3 Å². The molecule has 0 saturated heterocycles. The van der Waals surface area contributed by atoms with Crippen LogP contribution in [0.4, 0.5) is 4.79 Å². The second kappa shape index (κ2) is 7.47. The zero-order valence-electron chi connectivity index (χ0n) is 16.4. The zero-order valence-corrected chi connectivity index (χ0v) is 16.4. The van der Waals surface area contributed by atoms with Gasteiger partial charge < -0.3 is 14.4 Å². The summed E-state index contributed by atoms with van der Waals surface area (Å²) in [4.78, 5) is 32.2. The van der Waals surface area contributed by atoms with E-state index in [-0.39, 0.29) is 18.5 Å². The molecule has 0 spiro atoms. The predicted molar refractivity (Wildman–Crippen MR) is 96.9 cm³/mol. The van der Waals surface area contributed by atoms with Crippen molar-refractivity contribution in [2.24, 2.45) is 0 Å². The molecule has 0 saturated carbocycles. The van der Waals surface area contributed by atoms with E-state index in [1.807, 2.05) is 32.0 Å². The number of benzene rings is 1. The Balaban J connectivity index is 2.66. The summed E-state index contributed by atoms with van der Waals surface area (Å²) in [5, 5.41) is 1.20. The van der Waals surface area contributed by atoms with Gasteiger partial charge >= 0.3 is 6.09 Å². The van der Waals surface area contributed by atoms with Crippen LogP contribution in [0.15, 0.2) is 24.0 Å². The molecular weight excluding hydrogens is 336 g/mol. The van der Waals surface area contributed by atoms with Crippen molar-refractivity contribution in [2.45, 2.75) is 33.2 Å². The summed E-state index contributed by atoms with van der Waals surface area (Å²) in [5.74, 6) is -0.110. The SMILES string of the molecule is COCON1C(=O)C(c2c(C)cccc2C)=C(OC(=O)N(C)C)C1(C)C. The number of hydroxylamine groups is 2. The number of nitrogens with zero attached hydrogens (tertiary/aromatic N) is 2. The van der Waals surface area contributed by atoms with Crippen LogP contribution in [0.5, 0.6) is 0 Å². The third-order valence-electron chi connectivity index (χ3n) is 4.27. The van der Waals surface area contributed by atoms with Crippen LogP contribution >= 0.6 is 0 Å². The van der Waals surface area contributed by atoms with Crippen molar-refractivity contribution < 1.29 is 23.9 Å². The molecule has 0 fully saturated rings. The van der Waals surface area contributed by atoms with Gasteiger partial charge in [0.2, 0.25) is 0 Å². The Morgan fingerprint density at radius 3 is 2.27 bits per heavy atom. The first-order valence-corrected chi connectivity index (χ1v) is 8.29. The van der Waals surface area contributed by atoms with Crippen molar-refractivity contribution in [3.63, 3.8) is 0 Å². The molecule has 1 aromatic carbocycles. The minimum atomic E-state index is -0.981. The van der Waals surface area contributed by atoms with Gasteiger partial charge in [-0.1, -0.05) is 18.2 Å². The van der Waals surface area contributed by atoms with Crippen molar-refractivity contribution in [3.8, 4) is 0 Å². The standard InChI is InChI=1S/C19H26N2O5/c1-12-9-8-10-13(2)14(12)15-16(26-18(23)20(5)6)19(3,4)21(17(15)22)25-11-24-7/h8-10H,11H2,1-7H3. The van der Waals surface area contributed by atoms with E-state index in [0.29, 0.717) is 5.57 Å². The second-order valence-electron chi connectivity index (χ2n) is 6.93. The number of rotatable bonds is 5. The minimum absolute atomic E-state index is 0.0931. The van der Waals surface area contributed by atoms with E-state index in [1.54, 1.807) is 27.9 Å². The number of methoxy groups -OCH3 is 1. The van der Waals surface area contributed by atoms with Gasteiger partial charge in [-0.2, -0.15) is 0 Å². The highest BCUT2D eigenvalue weighted by Gasteiger charge is 2.50. The number of carbonyl (C=O) groups excluding carboxylic acids is 2. The number of hydrogen-bond acceptors (Lipinski definition) is 5. The third kappa shape index (κ3) is 3.45. The molecule has 2 amide bonds. The molecule has 142 valence electrons. The van der Waals surface area contributed by atoms with Crippen molar-refractivity contribution in [3.05, 3.63) is 40.6 Å². The molecule has 0 unspecified atom stereocenters. The molecule has 7 nitrogen and oxygen atoms in total. The summed E-state index contributed by atoms with van der Waals surface area (Å²) < 4.78 is 10.6. The van der Waals surface area contributed by atoms with E-state index in [2.05, 4.69) is 0 Å². The number of hydrogen-bond donors (Lipinski definition) is 0. The van der Waals surface area contributed by atoms with Crippen LogP contribution in [-0.2, 0) is 19.1 Å². The van der Waals surface area contributed by atoms with Crippen LogP contribution < -0.4 is 0 Å². The first-order chi connectivity index (χ1) is 12.1. The molecule has 0 aromatic heterocycles. The molecule has 1 aliphatic heterocycles. The Bertz CT molecular complexity index is 732. The first-order valence-electron chi connectivity index (χ1n) is 8.29. The summed E-state index contributed by atoms with van der Waals surface area (Å²) in [6.45, 7) is 7.27. The van der Waals surface area contributed by atoms with Crippen molar-refractivity contribution in [2.75, 3.05) is 28.0 Å². The molecule has 1 aromatic rings. The highest BCUT2D eigenvalue weighted by molar-refractivity contribution is 6.23. The van der Waals surface area contributed by atoms with Gasteiger partial charge in [0.1, 0.15) is 5.54 Å². The van der Waals surface area contributed by atoms with Crippen LogP contribution in [-0.4, -0.2) is 55.5 Å². The van der Waals surface area contributed by atoms with Crippen molar-refractivity contribution in [1.82, 2.24) is 9.96 Å². The monoisotopic (exact) mass is 362 g/mol. The fraction of sp³-hybridized carbons (Fsp3) is 0.474.